The Bertz CT molecular complexity index is 1050. The average molecular weight is 584 g/mol. The van der Waals surface area contributed by atoms with Crippen molar-refractivity contribution in [2.75, 3.05) is 6.61 Å². The van der Waals surface area contributed by atoms with Crippen molar-refractivity contribution in [1.82, 2.24) is 5.32 Å². The predicted molar refractivity (Wildman–Crippen MR) is 168 cm³/mol. The summed E-state index contributed by atoms with van der Waals surface area (Å²) in [5.41, 5.74) is 4.06. The number of carboxylic acids is 1. The standard InChI is InChI=1S/C35H53NO6/c1-3-4-7-16-30(39)23-22-29-21-20-28-14-11-10-13-27(28)15-12-18-33(26(2)38)36-34(32(29)24-31(40)25-37)17-8-5-6-9-19-35(41)42/h10-11,13-14,22-23,26,30-31,33-34,36-40H,3-9,16-21,24-25H2,1-2H3,(H,41,42)/b23-22+,32-29+/t26-,30-,31-,33+,34-/m0/s1. The van der Waals surface area contributed by atoms with Crippen molar-refractivity contribution in [3.8, 4) is 11.8 Å². The maximum absolute atomic E-state index is 10.9. The van der Waals surface area contributed by atoms with Crippen molar-refractivity contribution in [3.63, 3.8) is 0 Å². The zero-order valence-electron chi connectivity index (χ0n) is 25.6. The van der Waals surface area contributed by atoms with Crippen LogP contribution in [0.2, 0.25) is 0 Å². The summed E-state index contributed by atoms with van der Waals surface area (Å²) in [6.45, 7) is 3.52. The molecule has 7 heteroatoms. The van der Waals surface area contributed by atoms with Crippen LogP contribution in [0.25, 0.3) is 0 Å². The normalized spacial score (nSPS) is 21.9. The fourth-order valence-corrected chi connectivity index (χ4v) is 5.44. The second-order valence-corrected chi connectivity index (χ2v) is 11.6. The Kier molecular flexibility index (Phi) is 17.4. The third-order valence-electron chi connectivity index (χ3n) is 7.98. The molecule has 42 heavy (non-hydrogen) atoms. The number of nitrogens with one attached hydrogen (secondary N) is 1. The van der Waals surface area contributed by atoms with Gasteiger partial charge in [-0.15, -0.1) is 0 Å². The van der Waals surface area contributed by atoms with Gasteiger partial charge in [-0.05, 0) is 68.2 Å². The molecule has 0 spiro atoms. The second-order valence-electron chi connectivity index (χ2n) is 11.6. The van der Waals surface area contributed by atoms with E-state index in [0.29, 0.717) is 25.7 Å². The minimum atomic E-state index is -0.942. The lowest BCUT2D eigenvalue weighted by atomic mass is 9.86. The summed E-state index contributed by atoms with van der Waals surface area (Å²) in [5.74, 6) is 5.79. The third kappa shape index (κ3) is 13.7. The van der Waals surface area contributed by atoms with Gasteiger partial charge in [0.1, 0.15) is 0 Å². The third-order valence-corrected chi connectivity index (χ3v) is 7.98. The Balaban J connectivity index is 2.52. The van der Waals surface area contributed by atoms with Crippen LogP contribution in [0.5, 0.6) is 0 Å². The van der Waals surface area contributed by atoms with Crippen molar-refractivity contribution in [2.24, 2.45) is 0 Å². The van der Waals surface area contributed by atoms with Crippen LogP contribution in [0.1, 0.15) is 108 Å². The monoisotopic (exact) mass is 583 g/mol. The van der Waals surface area contributed by atoms with E-state index in [1.54, 1.807) is 6.92 Å². The molecule has 7 nitrogen and oxygen atoms in total. The number of aliphatic hydroxyl groups is 4. The molecular formula is C35H53NO6. The fourth-order valence-electron chi connectivity index (χ4n) is 5.44. The van der Waals surface area contributed by atoms with E-state index < -0.39 is 24.3 Å². The Hall–Kier alpha value is -2.47. The number of aryl methyl sites for hydroxylation is 1. The minimum Gasteiger partial charge on any atom is -0.481 e. The molecule has 0 radical (unpaired) electrons. The molecular weight excluding hydrogens is 530 g/mol. The summed E-state index contributed by atoms with van der Waals surface area (Å²) in [6.07, 6.45) is 11.6. The van der Waals surface area contributed by atoms with Crippen LogP contribution in [-0.2, 0) is 11.2 Å². The first kappa shape index (κ1) is 35.7. The number of aliphatic hydroxyl groups excluding tert-OH is 4. The van der Waals surface area contributed by atoms with Crippen molar-refractivity contribution in [2.45, 2.75) is 134 Å². The minimum absolute atomic E-state index is 0.162. The van der Waals surface area contributed by atoms with Crippen molar-refractivity contribution in [3.05, 3.63) is 58.7 Å². The molecule has 0 fully saturated rings. The van der Waals surface area contributed by atoms with Gasteiger partial charge in [-0.1, -0.05) is 87.6 Å². The van der Waals surface area contributed by atoms with Crippen LogP contribution < -0.4 is 5.32 Å². The zero-order chi connectivity index (χ0) is 30.7. The molecule has 0 amide bonds. The maximum Gasteiger partial charge on any atom is 0.303 e. The molecule has 1 aromatic carbocycles. The Morgan fingerprint density at radius 2 is 1.83 bits per heavy atom. The van der Waals surface area contributed by atoms with Gasteiger partial charge in [0.2, 0.25) is 0 Å². The van der Waals surface area contributed by atoms with E-state index in [1.165, 1.54) is 0 Å². The highest BCUT2D eigenvalue weighted by molar-refractivity contribution is 5.66. The smallest absolute Gasteiger partial charge is 0.303 e. The second kappa shape index (κ2) is 20.4. The maximum atomic E-state index is 10.9. The lowest BCUT2D eigenvalue weighted by Crippen LogP contribution is -2.46. The van der Waals surface area contributed by atoms with Gasteiger partial charge in [0, 0.05) is 30.5 Å². The number of carboxylic acid groups (broad SMARTS) is 1. The molecule has 1 heterocycles. The van der Waals surface area contributed by atoms with Crippen LogP contribution >= 0.6 is 0 Å². The molecule has 6 N–H and O–H groups in total. The highest BCUT2D eigenvalue weighted by Crippen LogP contribution is 2.27. The Labute approximate surface area is 252 Å². The molecule has 0 saturated heterocycles. The van der Waals surface area contributed by atoms with E-state index in [9.17, 15) is 25.2 Å². The zero-order valence-corrected chi connectivity index (χ0v) is 25.6. The topological polar surface area (TPSA) is 130 Å². The number of aliphatic carboxylic acids is 1. The molecule has 234 valence electrons. The number of hydrogen-bond acceptors (Lipinski definition) is 6. The van der Waals surface area contributed by atoms with E-state index in [0.717, 1.165) is 73.6 Å². The summed E-state index contributed by atoms with van der Waals surface area (Å²) in [5, 5.41) is 54.5. The molecule has 0 aromatic heterocycles. The Morgan fingerprint density at radius 1 is 1.07 bits per heavy atom. The van der Waals surface area contributed by atoms with Gasteiger partial charge in [-0.3, -0.25) is 4.79 Å². The molecule has 1 aromatic rings. The van der Waals surface area contributed by atoms with Gasteiger partial charge in [-0.25, -0.2) is 0 Å². The van der Waals surface area contributed by atoms with E-state index >= 15 is 0 Å². The highest BCUT2D eigenvalue weighted by Gasteiger charge is 2.25. The number of allylic oxidation sites excluding steroid dienone is 2. The first-order valence-corrected chi connectivity index (χ1v) is 15.8. The number of carbonyl (C=O) groups is 1. The van der Waals surface area contributed by atoms with Crippen LogP contribution in [0, 0.1) is 11.8 Å². The predicted octanol–water partition coefficient (Wildman–Crippen LogP) is 5.04. The molecule has 1 aliphatic heterocycles. The number of benzene rings is 1. The summed E-state index contributed by atoms with van der Waals surface area (Å²) in [6, 6.07) is 7.57. The van der Waals surface area contributed by atoms with Gasteiger partial charge in [0.15, 0.2) is 0 Å². The van der Waals surface area contributed by atoms with E-state index in [4.69, 9.17) is 5.11 Å². The number of fused-ring (bicyclic) bond motifs is 1. The highest BCUT2D eigenvalue weighted by atomic mass is 16.4. The number of hydrogen-bond donors (Lipinski definition) is 6. The van der Waals surface area contributed by atoms with Gasteiger partial charge in [0.05, 0.1) is 24.9 Å². The van der Waals surface area contributed by atoms with E-state index in [1.807, 2.05) is 30.4 Å². The molecule has 0 bridgehead atoms. The summed E-state index contributed by atoms with van der Waals surface area (Å²) >= 11 is 0. The summed E-state index contributed by atoms with van der Waals surface area (Å²) < 4.78 is 0. The van der Waals surface area contributed by atoms with Crippen LogP contribution in [0.3, 0.4) is 0 Å². The Morgan fingerprint density at radius 3 is 2.55 bits per heavy atom. The van der Waals surface area contributed by atoms with Crippen LogP contribution in [-0.4, -0.2) is 68.5 Å². The molecule has 2 rings (SSSR count). The van der Waals surface area contributed by atoms with Crippen LogP contribution in [0.4, 0.5) is 0 Å². The van der Waals surface area contributed by atoms with Crippen LogP contribution in [0.15, 0.2) is 47.6 Å². The summed E-state index contributed by atoms with van der Waals surface area (Å²) in [4.78, 5) is 10.9. The first-order valence-electron chi connectivity index (χ1n) is 15.8. The van der Waals surface area contributed by atoms with Crippen molar-refractivity contribution in [1.29, 1.82) is 0 Å². The summed E-state index contributed by atoms with van der Waals surface area (Å²) in [7, 11) is 0. The van der Waals surface area contributed by atoms with Gasteiger partial charge in [-0.2, -0.15) is 0 Å². The lowest BCUT2D eigenvalue weighted by molar-refractivity contribution is -0.137. The fraction of sp³-hybridized carbons (Fsp3) is 0.629. The van der Waals surface area contributed by atoms with Crippen molar-refractivity contribution >= 4 is 5.97 Å². The molecule has 0 aliphatic carbocycles. The molecule has 1 aliphatic rings. The molecule has 0 saturated carbocycles. The van der Waals surface area contributed by atoms with Gasteiger partial charge >= 0.3 is 5.97 Å². The molecule has 0 unspecified atom stereocenters. The van der Waals surface area contributed by atoms with E-state index in [2.05, 4.69) is 30.1 Å². The molecule has 5 atom stereocenters. The quantitative estimate of drug-likeness (QED) is 0.112. The first-order chi connectivity index (χ1) is 20.2. The van der Waals surface area contributed by atoms with Gasteiger partial charge < -0.3 is 30.8 Å². The van der Waals surface area contributed by atoms with Gasteiger partial charge in [0.25, 0.3) is 0 Å². The largest absolute Gasteiger partial charge is 0.481 e. The van der Waals surface area contributed by atoms with Crippen molar-refractivity contribution < 1.29 is 30.3 Å². The lowest BCUT2D eigenvalue weighted by Gasteiger charge is -2.31. The SMILES string of the molecule is CCCCC[C@H](O)/C=C/C1=C(\C[C@H](O)CO)[C@H](CCCCCCC(=O)O)N[C@@H]([C@H](C)O)CC#Cc2ccccc2CC1. The van der Waals surface area contributed by atoms with E-state index in [-0.39, 0.29) is 31.5 Å². The number of rotatable bonds is 17. The number of unbranched alkanes of at least 4 members (excludes halogenated alkanes) is 5. The average Bonchev–Trinajstić information content (AvgIpc) is 2.96.